The Balaban J connectivity index is 1.43. The number of thioether (sulfide) groups is 1. The van der Waals surface area contributed by atoms with Gasteiger partial charge >= 0.3 is 11.7 Å². The summed E-state index contributed by atoms with van der Waals surface area (Å²) >= 11 is 0.994. The van der Waals surface area contributed by atoms with Gasteiger partial charge in [-0.15, -0.1) is 0 Å². The first-order valence-corrected chi connectivity index (χ1v) is 12.1. The van der Waals surface area contributed by atoms with Crippen LogP contribution in [0.1, 0.15) is 27.6 Å². The van der Waals surface area contributed by atoms with Crippen molar-refractivity contribution in [3.63, 3.8) is 0 Å². The van der Waals surface area contributed by atoms with Gasteiger partial charge in [0.25, 0.3) is 5.56 Å². The number of pyridine rings is 1. The van der Waals surface area contributed by atoms with Crippen LogP contribution >= 0.6 is 11.8 Å². The molecule has 1 aliphatic rings. The molecule has 13 nitrogen and oxygen atoms in total. The SMILES string of the molecule is CC(OC(=O)c1cccnc1SCC(=O)Nc1ccc2c(c1)OCO2)C(=O)c1c(N)n(C)c(=O)n(C)c1=O. The van der Waals surface area contributed by atoms with Gasteiger partial charge < -0.3 is 25.3 Å². The van der Waals surface area contributed by atoms with E-state index in [2.05, 4.69) is 10.3 Å². The number of nitrogens with one attached hydrogen (secondary N) is 1. The van der Waals surface area contributed by atoms with E-state index in [0.29, 0.717) is 17.2 Å². The molecule has 0 saturated carbocycles. The van der Waals surface area contributed by atoms with Gasteiger partial charge in [-0.1, -0.05) is 11.8 Å². The Kier molecular flexibility index (Phi) is 7.52. The fourth-order valence-corrected chi connectivity index (χ4v) is 4.32. The maximum Gasteiger partial charge on any atom is 0.341 e. The average Bonchev–Trinajstić information content (AvgIpc) is 3.37. The minimum absolute atomic E-state index is 0.0226. The Labute approximate surface area is 219 Å². The number of aromatic nitrogens is 3. The number of nitrogens with two attached hydrogens (primary N) is 1. The van der Waals surface area contributed by atoms with E-state index < -0.39 is 34.7 Å². The second kappa shape index (κ2) is 10.8. The van der Waals surface area contributed by atoms with Gasteiger partial charge in [-0.25, -0.2) is 14.6 Å². The maximum atomic E-state index is 12.9. The van der Waals surface area contributed by atoms with Crippen molar-refractivity contribution in [1.29, 1.82) is 0 Å². The Morgan fingerprint density at radius 1 is 1.16 bits per heavy atom. The molecule has 14 heteroatoms. The normalized spacial score (nSPS) is 12.6. The van der Waals surface area contributed by atoms with Crippen LogP contribution < -0.4 is 31.8 Å². The molecule has 0 aliphatic carbocycles. The first-order chi connectivity index (χ1) is 18.1. The lowest BCUT2D eigenvalue weighted by Gasteiger charge is -2.16. The molecule has 1 aliphatic heterocycles. The molecule has 0 fully saturated rings. The molecule has 1 aromatic carbocycles. The zero-order chi connectivity index (χ0) is 27.6. The van der Waals surface area contributed by atoms with E-state index in [4.69, 9.17) is 19.9 Å². The van der Waals surface area contributed by atoms with Gasteiger partial charge in [0.2, 0.25) is 18.5 Å². The van der Waals surface area contributed by atoms with Crippen LogP contribution in [0.3, 0.4) is 0 Å². The summed E-state index contributed by atoms with van der Waals surface area (Å²) in [5, 5.41) is 2.93. The van der Waals surface area contributed by atoms with Crippen molar-refractivity contribution < 1.29 is 28.6 Å². The predicted molar refractivity (Wildman–Crippen MR) is 137 cm³/mol. The number of carbonyl (C=O) groups excluding carboxylic acids is 3. The molecule has 38 heavy (non-hydrogen) atoms. The van der Waals surface area contributed by atoms with Crippen LogP contribution in [0.4, 0.5) is 11.5 Å². The van der Waals surface area contributed by atoms with Gasteiger partial charge in [0, 0.05) is 32.0 Å². The maximum absolute atomic E-state index is 12.9. The summed E-state index contributed by atoms with van der Waals surface area (Å²) in [4.78, 5) is 67.0. The third-order valence-electron chi connectivity index (χ3n) is 5.60. The third-order valence-corrected chi connectivity index (χ3v) is 6.60. The average molecular weight is 542 g/mol. The van der Waals surface area contributed by atoms with Crippen molar-refractivity contribution in [2.75, 3.05) is 23.6 Å². The lowest BCUT2D eigenvalue weighted by atomic mass is 10.1. The zero-order valence-electron chi connectivity index (χ0n) is 20.5. The molecular weight excluding hydrogens is 518 g/mol. The van der Waals surface area contributed by atoms with Crippen LogP contribution in [-0.2, 0) is 23.6 Å². The van der Waals surface area contributed by atoms with E-state index in [-0.39, 0.29) is 34.9 Å². The van der Waals surface area contributed by atoms with E-state index in [9.17, 15) is 24.0 Å². The van der Waals surface area contributed by atoms with Crippen molar-refractivity contribution in [1.82, 2.24) is 14.1 Å². The van der Waals surface area contributed by atoms with E-state index in [1.165, 1.54) is 39.3 Å². The van der Waals surface area contributed by atoms with Crippen molar-refractivity contribution in [3.05, 3.63) is 68.5 Å². The molecular formula is C24H23N5O8S. The molecule has 2 aromatic heterocycles. The standard InChI is InChI=1S/C24H23N5O8S/c1-12(19(31)18-20(25)28(2)24(34)29(3)22(18)32)37-23(33)14-5-4-8-26-21(14)38-10-17(30)27-13-6-7-15-16(9-13)36-11-35-15/h4-9,12H,10-11,25H2,1-3H3,(H,27,30). The number of nitrogens with zero attached hydrogens (tertiary/aromatic N) is 3. The highest BCUT2D eigenvalue weighted by atomic mass is 32.2. The van der Waals surface area contributed by atoms with Crippen LogP contribution in [0.25, 0.3) is 0 Å². The van der Waals surface area contributed by atoms with Crippen molar-refractivity contribution >= 4 is 40.9 Å². The van der Waals surface area contributed by atoms with Gasteiger partial charge in [-0.3, -0.25) is 23.5 Å². The van der Waals surface area contributed by atoms with Crippen molar-refractivity contribution in [2.24, 2.45) is 14.1 Å². The summed E-state index contributed by atoms with van der Waals surface area (Å²) in [6.07, 6.45) is 0.0422. The molecule has 1 atom stereocenters. The summed E-state index contributed by atoms with van der Waals surface area (Å²) < 4.78 is 17.5. The van der Waals surface area contributed by atoms with Gasteiger partial charge in [0.1, 0.15) is 16.4 Å². The lowest BCUT2D eigenvalue weighted by molar-refractivity contribution is -0.113. The number of carbonyl (C=O) groups is 3. The number of nitrogen functional groups attached to an aromatic ring is 1. The second-order valence-electron chi connectivity index (χ2n) is 8.14. The number of hydrogen-bond acceptors (Lipinski definition) is 11. The van der Waals surface area contributed by atoms with Crippen LogP contribution in [0.2, 0.25) is 0 Å². The highest BCUT2D eigenvalue weighted by molar-refractivity contribution is 8.00. The molecule has 4 rings (SSSR count). The Morgan fingerprint density at radius 2 is 1.89 bits per heavy atom. The van der Waals surface area contributed by atoms with Crippen LogP contribution in [-0.4, -0.2) is 50.4 Å². The van der Waals surface area contributed by atoms with E-state index in [1.54, 1.807) is 18.2 Å². The van der Waals surface area contributed by atoms with Crippen LogP contribution in [0, 0.1) is 0 Å². The number of fused-ring (bicyclic) bond motifs is 1. The molecule has 1 amide bonds. The minimum Gasteiger partial charge on any atom is -0.454 e. The van der Waals surface area contributed by atoms with Crippen LogP contribution in [0.5, 0.6) is 11.5 Å². The first-order valence-electron chi connectivity index (χ1n) is 11.2. The molecule has 3 heterocycles. The molecule has 3 aromatic rings. The Morgan fingerprint density at radius 3 is 2.66 bits per heavy atom. The summed E-state index contributed by atoms with van der Waals surface area (Å²) in [6.45, 7) is 1.40. The quantitative estimate of drug-likeness (QED) is 0.236. The molecule has 0 saturated heterocycles. The zero-order valence-corrected chi connectivity index (χ0v) is 21.4. The number of ketones is 1. The van der Waals surface area contributed by atoms with Gasteiger partial charge in [-0.2, -0.15) is 0 Å². The second-order valence-corrected chi connectivity index (χ2v) is 9.10. The molecule has 198 valence electrons. The lowest BCUT2D eigenvalue weighted by Crippen LogP contribution is -2.43. The third kappa shape index (κ3) is 5.25. The topological polar surface area (TPSA) is 174 Å². The smallest absolute Gasteiger partial charge is 0.341 e. The summed E-state index contributed by atoms with van der Waals surface area (Å²) in [5.74, 6) is -1.43. The number of amides is 1. The summed E-state index contributed by atoms with van der Waals surface area (Å²) in [5.41, 5.74) is 4.30. The predicted octanol–water partition coefficient (Wildman–Crippen LogP) is 0.949. The van der Waals surface area contributed by atoms with E-state index >= 15 is 0 Å². The number of hydrogen-bond donors (Lipinski definition) is 2. The number of Topliss-reactive ketones (excluding diaryl/α,β-unsaturated/α-hetero) is 1. The summed E-state index contributed by atoms with van der Waals surface area (Å²) in [7, 11) is 2.52. The highest BCUT2D eigenvalue weighted by Crippen LogP contribution is 2.34. The molecule has 0 spiro atoms. The fraction of sp³-hybridized carbons (Fsp3) is 0.250. The first kappa shape index (κ1) is 26.5. The highest BCUT2D eigenvalue weighted by Gasteiger charge is 2.28. The fourth-order valence-electron chi connectivity index (χ4n) is 3.54. The minimum atomic E-state index is -1.40. The monoisotopic (exact) mass is 541 g/mol. The van der Waals surface area contributed by atoms with Crippen molar-refractivity contribution in [2.45, 2.75) is 18.1 Å². The van der Waals surface area contributed by atoms with Crippen LogP contribution in [0.15, 0.2) is 51.1 Å². The Bertz CT molecular complexity index is 1560. The number of rotatable bonds is 8. The van der Waals surface area contributed by atoms with Crippen molar-refractivity contribution in [3.8, 4) is 11.5 Å². The molecule has 3 N–H and O–H groups in total. The summed E-state index contributed by atoms with van der Waals surface area (Å²) in [6, 6.07) is 7.92. The largest absolute Gasteiger partial charge is 0.454 e. The van der Waals surface area contributed by atoms with E-state index in [0.717, 1.165) is 20.9 Å². The number of ether oxygens (including phenoxy) is 3. The van der Waals surface area contributed by atoms with Gasteiger partial charge in [0.05, 0.1) is 11.3 Å². The van der Waals surface area contributed by atoms with Gasteiger partial charge in [0.15, 0.2) is 17.6 Å². The molecule has 0 radical (unpaired) electrons. The molecule has 0 bridgehead atoms. The number of benzene rings is 1. The van der Waals surface area contributed by atoms with Gasteiger partial charge in [-0.05, 0) is 31.2 Å². The van der Waals surface area contributed by atoms with E-state index in [1.807, 2.05) is 0 Å². The Hall–Kier alpha value is -4.59. The number of esters is 1. The number of anilines is 2. The molecule has 1 unspecified atom stereocenters.